The first-order chi connectivity index (χ1) is 9.58. The molecule has 1 spiro atoms. The molecular formula is C14H19NO4S. The van der Waals surface area contributed by atoms with Gasteiger partial charge in [0.05, 0.1) is 11.5 Å². The van der Waals surface area contributed by atoms with Crippen LogP contribution in [0.15, 0.2) is 35.2 Å². The number of hydrogen-bond acceptors (Lipinski definition) is 4. The molecule has 0 bridgehead atoms. The predicted octanol–water partition coefficient (Wildman–Crippen LogP) is 1.11. The summed E-state index contributed by atoms with van der Waals surface area (Å²) in [6.45, 7) is 2.17. The first-order valence-electron chi connectivity index (χ1n) is 6.77. The van der Waals surface area contributed by atoms with Gasteiger partial charge in [0, 0.05) is 32.7 Å². The molecule has 110 valence electrons. The zero-order valence-corrected chi connectivity index (χ0v) is 12.3. The van der Waals surface area contributed by atoms with Gasteiger partial charge in [0.25, 0.3) is 0 Å². The molecule has 2 heterocycles. The molecule has 2 aliphatic heterocycles. The van der Waals surface area contributed by atoms with Crippen LogP contribution in [0.3, 0.4) is 0 Å². The van der Waals surface area contributed by atoms with E-state index in [0.717, 1.165) is 6.42 Å². The molecule has 5 nitrogen and oxygen atoms in total. The molecule has 0 aliphatic carbocycles. The van der Waals surface area contributed by atoms with Crippen LogP contribution < -0.4 is 0 Å². The van der Waals surface area contributed by atoms with Crippen molar-refractivity contribution in [3.63, 3.8) is 0 Å². The highest BCUT2D eigenvalue weighted by molar-refractivity contribution is 7.89. The van der Waals surface area contributed by atoms with Gasteiger partial charge in [-0.2, -0.15) is 4.31 Å². The lowest BCUT2D eigenvalue weighted by Gasteiger charge is -2.49. The SMILES string of the molecule is COCC1CCOC12CN(S(=O)(=O)c1ccccc1)C2. The molecule has 1 atom stereocenters. The van der Waals surface area contributed by atoms with E-state index < -0.39 is 10.0 Å². The van der Waals surface area contributed by atoms with Gasteiger partial charge >= 0.3 is 0 Å². The van der Waals surface area contributed by atoms with E-state index in [1.165, 1.54) is 4.31 Å². The predicted molar refractivity (Wildman–Crippen MR) is 73.9 cm³/mol. The third-order valence-corrected chi connectivity index (χ3v) is 6.04. The lowest BCUT2D eigenvalue weighted by atomic mass is 9.83. The van der Waals surface area contributed by atoms with Gasteiger partial charge in [0.2, 0.25) is 10.0 Å². The van der Waals surface area contributed by atoms with Gasteiger partial charge in [-0.1, -0.05) is 18.2 Å². The summed E-state index contributed by atoms with van der Waals surface area (Å²) >= 11 is 0. The monoisotopic (exact) mass is 297 g/mol. The van der Waals surface area contributed by atoms with E-state index in [1.807, 2.05) is 6.07 Å². The number of rotatable bonds is 4. The van der Waals surface area contributed by atoms with Crippen LogP contribution in [0.2, 0.25) is 0 Å². The van der Waals surface area contributed by atoms with Crippen molar-refractivity contribution in [3.8, 4) is 0 Å². The maximum Gasteiger partial charge on any atom is 0.243 e. The minimum atomic E-state index is -3.39. The Kier molecular flexibility index (Phi) is 3.58. The van der Waals surface area contributed by atoms with Crippen molar-refractivity contribution in [2.24, 2.45) is 5.92 Å². The molecule has 3 rings (SSSR count). The highest BCUT2D eigenvalue weighted by atomic mass is 32.2. The summed E-state index contributed by atoms with van der Waals surface area (Å²) < 4.78 is 37.4. The van der Waals surface area contributed by atoms with Gasteiger partial charge in [-0.3, -0.25) is 0 Å². The minimum absolute atomic E-state index is 0.287. The summed E-state index contributed by atoms with van der Waals surface area (Å²) in [6, 6.07) is 8.54. The van der Waals surface area contributed by atoms with Crippen LogP contribution in [-0.4, -0.2) is 51.7 Å². The third-order valence-electron chi connectivity index (χ3n) is 4.24. The van der Waals surface area contributed by atoms with Crippen LogP contribution in [0.4, 0.5) is 0 Å². The van der Waals surface area contributed by atoms with Gasteiger partial charge in [-0.05, 0) is 18.6 Å². The summed E-state index contributed by atoms with van der Waals surface area (Å²) in [5.74, 6) is 0.287. The minimum Gasteiger partial charge on any atom is -0.384 e. The largest absolute Gasteiger partial charge is 0.384 e. The average Bonchev–Trinajstić information content (AvgIpc) is 2.82. The van der Waals surface area contributed by atoms with E-state index in [1.54, 1.807) is 31.4 Å². The molecule has 20 heavy (non-hydrogen) atoms. The summed E-state index contributed by atoms with van der Waals surface area (Å²) in [4.78, 5) is 0.344. The Morgan fingerprint density at radius 2 is 2.05 bits per heavy atom. The number of nitrogens with zero attached hydrogens (tertiary/aromatic N) is 1. The second-order valence-electron chi connectivity index (χ2n) is 5.44. The molecule has 2 fully saturated rings. The number of ether oxygens (including phenoxy) is 2. The Morgan fingerprint density at radius 3 is 2.70 bits per heavy atom. The number of hydrogen-bond donors (Lipinski definition) is 0. The van der Waals surface area contributed by atoms with E-state index in [2.05, 4.69) is 0 Å². The quantitative estimate of drug-likeness (QED) is 0.835. The Hall–Kier alpha value is -0.950. The maximum atomic E-state index is 12.5. The van der Waals surface area contributed by atoms with E-state index in [9.17, 15) is 8.42 Å². The van der Waals surface area contributed by atoms with Crippen LogP contribution >= 0.6 is 0 Å². The lowest BCUT2D eigenvalue weighted by Crippen LogP contribution is -2.66. The Labute approximate surface area is 119 Å². The second-order valence-corrected chi connectivity index (χ2v) is 7.38. The van der Waals surface area contributed by atoms with E-state index in [-0.39, 0.29) is 11.5 Å². The summed E-state index contributed by atoms with van der Waals surface area (Å²) in [5.41, 5.74) is -0.335. The number of methoxy groups -OCH3 is 1. The van der Waals surface area contributed by atoms with Crippen molar-refractivity contribution in [2.45, 2.75) is 16.9 Å². The van der Waals surface area contributed by atoms with E-state index in [0.29, 0.717) is 31.2 Å². The maximum absolute atomic E-state index is 12.5. The average molecular weight is 297 g/mol. The van der Waals surface area contributed by atoms with Crippen molar-refractivity contribution < 1.29 is 17.9 Å². The van der Waals surface area contributed by atoms with Crippen LogP contribution in [0.25, 0.3) is 0 Å². The molecule has 1 aromatic carbocycles. The fraction of sp³-hybridized carbons (Fsp3) is 0.571. The Bertz CT molecular complexity index is 566. The van der Waals surface area contributed by atoms with Crippen molar-refractivity contribution in [3.05, 3.63) is 30.3 Å². The van der Waals surface area contributed by atoms with E-state index >= 15 is 0 Å². The molecule has 1 unspecified atom stereocenters. The lowest BCUT2D eigenvalue weighted by molar-refractivity contribution is -0.111. The summed E-state index contributed by atoms with van der Waals surface area (Å²) in [5, 5.41) is 0. The second kappa shape index (κ2) is 5.11. The molecule has 1 aromatic rings. The molecule has 0 radical (unpaired) electrons. The molecule has 2 saturated heterocycles. The number of sulfonamides is 1. The van der Waals surface area contributed by atoms with Crippen LogP contribution in [0.1, 0.15) is 6.42 Å². The molecule has 0 saturated carbocycles. The highest BCUT2D eigenvalue weighted by Crippen LogP contribution is 2.42. The first-order valence-corrected chi connectivity index (χ1v) is 8.21. The van der Waals surface area contributed by atoms with Crippen LogP contribution in [-0.2, 0) is 19.5 Å². The van der Waals surface area contributed by atoms with Crippen molar-refractivity contribution >= 4 is 10.0 Å². The number of benzene rings is 1. The molecule has 0 aromatic heterocycles. The van der Waals surface area contributed by atoms with Crippen molar-refractivity contribution in [2.75, 3.05) is 33.4 Å². The van der Waals surface area contributed by atoms with Gasteiger partial charge in [-0.15, -0.1) is 0 Å². The zero-order chi connectivity index (χ0) is 14.2. The van der Waals surface area contributed by atoms with Gasteiger partial charge < -0.3 is 9.47 Å². The molecule has 6 heteroatoms. The molecule has 0 N–H and O–H groups in total. The summed E-state index contributed by atoms with van der Waals surface area (Å²) in [7, 11) is -1.72. The van der Waals surface area contributed by atoms with E-state index in [4.69, 9.17) is 9.47 Å². The topological polar surface area (TPSA) is 55.8 Å². The van der Waals surface area contributed by atoms with Crippen LogP contribution in [0, 0.1) is 5.92 Å². The van der Waals surface area contributed by atoms with Crippen LogP contribution in [0.5, 0.6) is 0 Å². The van der Waals surface area contributed by atoms with Crippen molar-refractivity contribution in [1.82, 2.24) is 4.31 Å². The smallest absolute Gasteiger partial charge is 0.243 e. The standard InChI is InChI=1S/C14H19NO4S/c1-18-9-12-7-8-19-14(12)10-15(11-14)20(16,17)13-5-3-2-4-6-13/h2-6,12H,7-11H2,1H3. The Balaban J connectivity index is 1.74. The highest BCUT2D eigenvalue weighted by Gasteiger charge is 2.56. The first kappa shape index (κ1) is 14.0. The normalized spacial score (nSPS) is 25.8. The van der Waals surface area contributed by atoms with Gasteiger partial charge in [0.15, 0.2) is 0 Å². The fourth-order valence-electron chi connectivity index (χ4n) is 3.03. The fourth-order valence-corrected chi connectivity index (χ4v) is 4.61. The molecule has 2 aliphatic rings. The van der Waals surface area contributed by atoms with Crippen molar-refractivity contribution in [1.29, 1.82) is 0 Å². The Morgan fingerprint density at radius 1 is 1.35 bits per heavy atom. The molecular weight excluding hydrogens is 278 g/mol. The zero-order valence-electron chi connectivity index (χ0n) is 11.5. The third kappa shape index (κ3) is 2.16. The summed E-state index contributed by atoms with van der Waals surface area (Å²) in [6.07, 6.45) is 0.938. The van der Waals surface area contributed by atoms with Gasteiger partial charge in [-0.25, -0.2) is 8.42 Å². The molecule has 0 amide bonds. The van der Waals surface area contributed by atoms with Gasteiger partial charge in [0.1, 0.15) is 5.60 Å².